The number of aromatic nitrogens is 2. The molecule has 5 heteroatoms. The van der Waals surface area contributed by atoms with E-state index in [4.69, 9.17) is 0 Å². The van der Waals surface area contributed by atoms with Gasteiger partial charge in [-0.1, -0.05) is 0 Å². The van der Waals surface area contributed by atoms with E-state index in [1.165, 1.54) is 0 Å². The van der Waals surface area contributed by atoms with Gasteiger partial charge in [-0.2, -0.15) is 5.10 Å². The lowest BCUT2D eigenvalue weighted by molar-refractivity contribution is 0.0693. The number of hydrogen-bond acceptors (Lipinski definition) is 3. The molecular weight excluding hydrogens is 194 g/mol. The van der Waals surface area contributed by atoms with Gasteiger partial charge in [0.25, 0.3) is 5.91 Å². The molecule has 0 unspecified atom stereocenters. The standard InChI is InChI=1S/C10H17N3O2/c1-6-8(7(2)13-12-6)9(14)11-5-10(3,4)15/h15H,5H2,1-4H3,(H,11,14)(H,12,13). The zero-order valence-corrected chi connectivity index (χ0v) is 9.51. The first-order valence-corrected chi connectivity index (χ1v) is 4.83. The van der Waals surface area contributed by atoms with Crippen LogP contribution < -0.4 is 5.32 Å². The van der Waals surface area contributed by atoms with Gasteiger partial charge in [0.15, 0.2) is 0 Å². The third-order valence-corrected chi connectivity index (χ3v) is 2.04. The number of aromatic amines is 1. The van der Waals surface area contributed by atoms with Gasteiger partial charge in [0.2, 0.25) is 0 Å². The zero-order chi connectivity index (χ0) is 11.6. The van der Waals surface area contributed by atoms with E-state index in [1.807, 2.05) is 0 Å². The zero-order valence-electron chi connectivity index (χ0n) is 9.51. The molecule has 0 fully saturated rings. The lowest BCUT2D eigenvalue weighted by atomic mass is 10.1. The SMILES string of the molecule is Cc1n[nH]c(C)c1C(=O)NCC(C)(C)O. The highest BCUT2D eigenvalue weighted by atomic mass is 16.3. The molecule has 1 aromatic rings. The Hall–Kier alpha value is -1.36. The first-order chi connectivity index (χ1) is 6.81. The number of aliphatic hydroxyl groups is 1. The van der Waals surface area contributed by atoms with Crippen molar-refractivity contribution in [3.05, 3.63) is 17.0 Å². The molecule has 0 saturated carbocycles. The molecule has 0 aromatic carbocycles. The highest BCUT2D eigenvalue weighted by Gasteiger charge is 2.18. The third kappa shape index (κ3) is 3.06. The Balaban J connectivity index is 2.70. The second-order valence-electron chi connectivity index (χ2n) is 4.30. The molecule has 5 nitrogen and oxygen atoms in total. The van der Waals surface area contributed by atoms with Crippen molar-refractivity contribution in [1.29, 1.82) is 0 Å². The number of carbonyl (C=O) groups excluding carboxylic acids is 1. The van der Waals surface area contributed by atoms with E-state index >= 15 is 0 Å². The van der Waals surface area contributed by atoms with Crippen molar-refractivity contribution >= 4 is 5.91 Å². The van der Waals surface area contributed by atoms with E-state index in [9.17, 15) is 9.90 Å². The minimum Gasteiger partial charge on any atom is -0.389 e. The molecule has 0 atom stereocenters. The maximum atomic E-state index is 11.7. The molecule has 0 bridgehead atoms. The molecule has 0 saturated heterocycles. The Morgan fingerprint density at radius 1 is 1.53 bits per heavy atom. The van der Waals surface area contributed by atoms with Crippen molar-refractivity contribution in [3.8, 4) is 0 Å². The predicted octanol–water partition coefficient (Wildman–Crippen LogP) is 0.527. The summed E-state index contributed by atoms with van der Waals surface area (Å²) in [6.45, 7) is 7.06. The fourth-order valence-electron chi connectivity index (χ4n) is 1.27. The second-order valence-corrected chi connectivity index (χ2v) is 4.30. The molecule has 0 spiro atoms. The van der Waals surface area contributed by atoms with Crippen molar-refractivity contribution in [2.75, 3.05) is 6.54 Å². The van der Waals surface area contributed by atoms with E-state index in [-0.39, 0.29) is 12.5 Å². The van der Waals surface area contributed by atoms with Gasteiger partial charge in [0, 0.05) is 12.2 Å². The van der Waals surface area contributed by atoms with E-state index in [0.717, 1.165) is 5.69 Å². The molecule has 84 valence electrons. The first kappa shape index (κ1) is 11.7. The average Bonchev–Trinajstić information content (AvgIpc) is 2.41. The molecule has 1 heterocycles. The van der Waals surface area contributed by atoms with Crippen molar-refractivity contribution in [2.45, 2.75) is 33.3 Å². The van der Waals surface area contributed by atoms with Crippen LogP contribution in [0.2, 0.25) is 0 Å². The minimum absolute atomic E-state index is 0.208. The van der Waals surface area contributed by atoms with Crippen LogP contribution in [0.3, 0.4) is 0 Å². The molecule has 1 amide bonds. The maximum absolute atomic E-state index is 11.7. The van der Waals surface area contributed by atoms with E-state index in [0.29, 0.717) is 11.3 Å². The number of rotatable bonds is 3. The third-order valence-electron chi connectivity index (χ3n) is 2.04. The van der Waals surface area contributed by atoms with Crippen LogP contribution in [0.5, 0.6) is 0 Å². The fourth-order valence-corrected chi connectivity index (χ4v) is 1.27. The first-order valence-electron chi connectivity index (χ1n) is 4.83. The Morgan fingerprint density at radius 3 is 2.53 bits per heavy atom. The number of carbonyl (C=O) groups is 1. The Morgan fingerprint density at radius 2 is 2.13 bits per heavy atom. The van der Waals surface area contributed by atoms with Crippen LogP contribution in [0.15, 0.2) is 0 Å². The summed E-state index contributed by atoms with van der Waals surface area (Å²) < 4.78 is 0. The van der Waals surface area contributed by atoms with Crippen molar-refractivity contribution in [3.63, 3.8) is 0 Å². The van der Waals surface area contributed by atoms with Crippen molar-refractivity contribution in [2.24, 2.45) is 0 Å². The Labute approximate surface area is 88.9 Å². The molecule has 0 aliphatic rings. The summed E-state index contributed by atoms with van der Waals surface area (Å²) in [5, 5.41) is 18.8. The lowest BCUT2D eigenvalue weighted by Crippen LogP contribution is -2.38. The summed E-state index contributed by atoms with van der Waals surface area (Å²) in [7, 11) is 0. The smallest absolute Gasteiger partial charge is 0.255 e. The predicted molar refractivity (Wildman–Crippen MR) is 56.7 cm³/mol. The molecule has 1 rings (SSSR count). The molecule has 0 radical (unpaired) electrons. The summed E-state index contributed by atoms with van der Waals surface area (Å²) in [5.74, 6) is -0.208. The summed E-state index contributed by atoms with van der Waals surface area (Å²) in [4.78, 5) is 11.7. The highest BCUT2D eigenvalue weighted by Crippen LogP contribution is 2.09. The topological polar surface area (TPSA) is 78.0 Å². The minimum atomic E-state index is -0.902. The van der Waals surface area contributed by atoms with Gasteiger partial charge < -0.3 is 10.4 Å². The normalized spacial score (nSPS) is 11.5. The summed E-state index contributed by atoms with van der Waals surface area (Å²) >= 11 is 0. The van der Waals surface area contributed by atoms with Gasteiger partial charge in [-0.05, 0) is 27.7 Å². The van der Waals surface area contributed by atoms with Crippen LogP contribution in [0.4, 0.5) is 0 Å². The number of aryl methyl sites for hydroxylation is 2. The second kappa shape index (κ2) is 4.02. The van der Waals surface area contributed by atoms with E-state index in [1.54, 1.807) is 27.7 Å². The van der Waals surface area contributed by atoms with Gasteiger partial charge >= 0.3 is 0 Å². The van der Waals surface area contributed by atoms with Gasteiger partial charge in [-0.3, -0.25) is 9.89 Å². The molecule has 0 aliphatic heterocycles. The van der Waals surface area contributed by atoms with Crippen molar-refractivity contribution in [1.82, 2.24) is 15.5 Å². The van der Waals surface area contributed by atoms with E-state index in [2.05, 4.69) is 15.5 Å². The van der Waals surface area contributed by atoms with Crippen molar-refractivity contribution < 1.29 is 9.90 Å². The van der Waals surface area contributed by atoms with Crippen LogP contribution in [0.25, 0.3) is 0 Å². The van der Waals surface area contributed by atoms with E-state index < -0.39 is 5.60 Å². The quantitative estimate of drug-likeness (QED) is 0.682. The van der Waals surface area contributed by atoms with Gasteiger partial charge in [-0.15, -0.1) is 0 Å². The number of amides is 1. The summed E-state index contributed by atoms with van der Waals surface area (Å²) in [5.41, 5.74) is 1.06. The van der Waals surface area contributed by atoms with Crippen LogP contribution >= 0.6 is 0 Å². The van der Waals surface area contributed by atoms with Crippen LogP contribution in [-0.4, -0.2) is 33.4 Å². The molecule has 3 N–H and O–H groups in total. The highest BCUT2D eigenvalue weighted by molar-refractivity contribution is 5.96. The number of nitrogens with zero attached hydrogens (tertiary/aromatic N) is 1. The summed E-state index contributed by atoms with van der Waals surface area (Å²) in [6, 6.07) is 0. The lowest BCUT2D eigenvalue weighted by Gasteiger charge is -2.17. The number of hydrogen-bond donors (Lipinski definition) is 3. The van der Waals surface area contributed by atoms with Gasteiger partial charge in [0.05, 0.1) is 16.9 Å². The number of nitrogens with one attached hydrogen (secondary N) is 2. The molecular formula is C10H17N3O2. The molecule has 0 aliphatic carbocycles. The monoisotopic (exact) mass is 211 g/mol. The fraction of sp³-hybridized carbons (Fsp3) is 0.600. The van der Waals surface area contributed by atoms with Crippen LogP contribution in [0, 0.1) is 13.8 Å². The largest absolute Gasteiger partial charge is 0.389 e. The van der Waals surface area contributed by atoms with Gasteiger partial charge in [0.1, 0.15) is 0 Å². The van der Waals surface area contributed by atoms with Gasteiger partial charge in [-0.25, -0.2) is 0 Å². The van der Waals surface area contributed by atoms with Crippen LogP contribution in [0.1, 0.15) is 35.6 Å². The average molecular weight is 211 g/mol. The molecule has 1 aromatic heterocycles. The molecule has 15 heavy (non-hydrogen) atoms. The number of H-pyrrole nitrogens is 1. The Bertz CT molecular complexity index is 344. The Kier molecular flexibility index (Phi) is 3.14. The summed E-state index contributed by atoms with van der Waals surface area (Å²) in [6.07, 6.45) is 0. The van der Waals surface area contributed by atoms with Crippen LogP contribution in [-0.2, 0) is 0 Å². The maximum Gasteiger partial charge on any atom is 0.255 e.